The molecule has 8 heteroatoms. The Morgan fingerprint density at radius 3 is 2.82 bits per heavy atom. The topological polar surface area (TPSA) is 109 Å². The predicted octanol–water partition coefficient (Wildman–Crippen LogP) is 4.11. The van der Waals surface area contributed by atoms with E-state index < -0.39 is 11.9 Å². The maximum absolute atomic E-state index is 13.3. The molecule has 0 saturated heterocycles. The third-order valence-electron chi connectivity index (χ3n) is 6.68. The Hall–Kier alpha value is -3.44. The first-order chi connectivity index (χ1) is 16.1. The van der Waals surface area contributed by atoms with Crippen molar-refractivity contribution in [2.45, 2.75) is 50.9 Å². The van der Waals surface area contributed by atoms with Crippen molar-refractivity contribution in [2.75, 3.05) is 12.0 Å². The minimum Gasteiger partial charge on any atom is -0.465 e. The third kappa shape index (κ3) is 3.35. The van der Waals surface area contributed by atoms with Crippen LogP contribution in [0.5, 0.6) is 0 Å². The number of hydrogen-bond donors (Lipinski definition) is 1. The Morgan fingerprint density at radius 2 is 2.09 bits per heavy atom. The fourth-order valence-electron chi connectivity index (χ4n) is 5.22. The summed E-state index contributed by atoms with van der Waals surface area (Å²) in [7, 11) is 1.38. The highest BCUT2D eigenvalue weighted by atomic mass is 32.1. The molecular formula is C25H24N4O3S. The molecule has 0 unspecified atom stereocenters. The molecule has 0 spiro atoms. The number of thiophene rings is 1. The average molecular weight is 461 g/mol. The van der Waals surface area contributed by atoms with Crippen molar-refractivity contribution in [3.8, 4) is 6.07 Å². The minimum absolute atomic E-state index is 0.0105. The number of carbonyl (C=O) groups is 2. The zero-order chi connectivity index (χ0) is 23.1. The van der Waals surface area contributed by atoms with Crippen molar-refractivity contribution in [3.05, 3.63) is 68.8 Å². The van der Waals surface area contributed by atoms with Crippen molar-refractivity contribution < 1.29 is 14.3 Å². The summed E-state index contributed by atoms with van der Waals surface area (Å²) in [6.07, 6.45) is 8.89. The van der Waals surface area contributed by atoms with Gasteiger partial charge < -0.3 is 10.5 Å². The predicted molar refractivity (Wildman–Crippen MR) is 124 cm³/mol. The van der Waals surface area contributed by atoms with Crippen LogP contribution in [-0.2, 0) is 22.4 Å². The van der Waals surface area contributed by atoms with Crippen LogP contribution in [0.25, 0.3) is 0 Å². The number of nitriles is 1. The van der Waals surface area contributed by atoms with Gasteiger partial charge in [0.15, 0.2) is 5.78 Å². The van der Waals surface area contributed by atoms with E-state index in [0.717, 1.165) is 47.4 Å². The molecule has 0 bridgehead atoms. The van der Waals surface area contributed by atoms with Crippen LogP contribution >= 0.6 is 11.3 Å². The largest absolute Gasteiger partial charge is 0.465 e. The number of methoxy groups -OCH3 is 1. The second-order valence-corrected chi connectivity index (χ2v) is 9.57. The number of rotatable bonds is 3. The highest BCUT2D eigenvalue weighted by molar-refractivity contribution is 7.16. The van der Waals surface area contributed by atoms with Crippen molar-refractivity contribution in [2.24, 2.45) is 5.73 Å². The van der Waals surface area contributed by atoms with E-state index in [9.17, 15) is 14.9 Å². The fraction of sp³-hybridized carbons (Fsp3) is 0.360. The molecule has 1 atom stereocenters. The van der Waals surface area contributed by atoms with E-state index in [-0.39, 0.29) is 11.6 Å². The van der Waals surface area contributed by atoms with E-state index in [0.29, 0.717) is 41.0 Å². The summed E-state index contributed by atoms with van der Waals surface area (Å²) in [5.74, 6) is -0.687. The van der Waals surface area contributed by atoms with E-state index in [1.165, 1.54) is 18.4 Å². The molecule has 2 N–H and O–H groups in total. The van der Waals surface area contributed by atoms with E-state index in [1.54, 1.807) is 23.4 Å². The normalized spacial score (nSPS) is 20.3. The molecule has 3 aliphatic rings. The summed E-state index contributed by atoms with van der Waals surface area (Å²) in [5.41, 5.74) is 10.6. The summed E-state index contributed by atoms with van der Waals surface area (Å²) >= 11 is 1.53. The van der Waals surface area contributed by atoms with Gasteiger partial charge in [-0.15, -0.1) is 11.3 Å². The van der Waals surface area contributed by atoms with Crippen LogP contribution in [0.4, 0.5) is 5.00 Å². The van der Waals surface area contributed by atoms with Crippen LogP contribution < -0.4 is 10.6 Å². The van der Waals surface area contributed by atoms with Crippen LogP contribution in [0.2, 0.25) is 0 Å². The lowest BCUT2D eigenvalue weighted by atomic mass is 9.76. The van der Waals surface area contributed by atoms with Crippen molar-refractivity contribution in [1.29, 1.82) is 5.26 Å². The SMILES string of the molecule is COC(=O)c1c(N2C(N)=C(C#N)[C@@H](c3cccnc3)C3=C2CCCC3=O)sc2c1CCCC2. The number of esters is 1. The number of anilines is 1. The Morgan fingerprint density at radius 1 is 1.27 bits per heavy atom. The lowest BCUT2D eigenvalue weighted by Gasteiger charge is -2.39. The standard InChI is InChI=1S/C25H24N4O3S/c1-32-25(31)21-15-7-2-3-10-19(15)33-24(21)29-17-8-4-9-18(30)22(17)20(16(12-26)23(29)27)14-6-5-11-28-13-14/h5-6,11,13,20H,2-4,7-10,27H2,1H3/t20-/m1/s1. The number of Topliss-reactive ketones (excluding diaryl/α,β-unsaturated/α-hetero) is 1. The highest BCUT2D eigenvalue weighted by Crippen LogP contribution is 2.50. The van der Waals surface area contributed by atoms with E-state index in [1.807, 2.05) is 6.07 Å². The maximum Gasteiger partial charge on any atom is 0.341 e. The number of nitrogens with zero attached hydrogens (tertiary/aromatic N) is 3. The summed E-state index contributed by atoms with van der Waals surface area (Å²) in [6, 6.07) is 5.93. The first-order valence-electron chi connectivity index (χ1n) is 11.2. The molecule has 3 heterocycles. The van der Waals surface area contributed by atoms with Gasteiger partial charge in [-0.25, -0.2) is 4.79 Å². The summed E-state index contributed by atoms with van der Waals surface area (Å²) in [4.78, 5) is 33.3. The zero-order valence-corrected chi connectivity index (χ0v) is 19.2. The van der Waals surface area contributed by atoms with E-state index in [2.05, 4.69) is 11.1 Å². The zero-order valence-electron chi connectivity index (χ0n) is 18.4. The third-order valence-corrected chi connectivity index (χ3v) is 7.95. The number of nitrogens with two attached hydrogens (primary N) is 1. The number of carbonyl (C=O) groups excluding carboxylic acids is 2. The fourth-order valence-corrected chi connectivity index (χ4v) is 6.64. The molecule has 168 valence electrons. The van der Waals surface area contributed by atoms with Crippen LogP contribution in [0.3, 0.4) is 0 Å². The molecular weight excluding hydrogens is 436 g/mol. The van der Waals surface area contributed by atoms with E-state index in [4.69, 9.17) is 10.5 Å². The van der Waals surface area contributed by atoms with Crippen molar-refractivity contribution in [1.82, 2.24) is 4.98 Å². The van der Waals surface area contributed by atoms with Crippen LogP contribution in [0.15, 0.2) is 47.2 Å². The van der Waals surface area contributed by atoms with Gasteiger partial charge in [0.05, 0.1) is 30.2 Å². The molecule has 0 saturated carbocycles. The lowest BCUT2D eigenvalue weighted by molar-refractivity contribution is -0.116. The quantitative estimate of drug-likeness (QED) is 0.686. The number of aryl methyl sites for hydroxylation is 1. The molecule has 2 aromatic heterocycles. The number of pyridine rings is 1. The Kier molecular flexibility index (Phi) is 5.51. The van der Waals surface area contributed by atoms with Gasteiger partial charge in [-0.2, -0.15) is 5.26 Å². The van der Waals surface area contributed by atoms with E-state index >= 15 is 0 Å². The number of allylic oxidation sites excluding steroid dienone is 3. The molecule has 7 nitrogen and oxygen atoms in total. The number of hydrogen-bond acceptors (Lipinski definition) is 8. The maximum atomic E-state index is 13.3. The molecule has 0 radical (unpaired) electrons. The summed E-state index contributed by atoms with van der Waals surface area (Å²) < 4.78 is 5.16. The smallest absolute Gasteiger partial charge is 0.341 e. The molecule has 33 heavy (non-hydrogen) atoms. The number of ether oxygens (including phenoxy) is 1. The van der Waals surface area contributed by atoms with Gasteiger partial charge in [0.1, 0.15) is 10.8 Å². The van der Waals surface area contributed by atoms with Crippen LogP contribution in [0.1, 0.15) is 64.4 Å². The summed E-state index contributed by atoms with van der Waals surface area (Å²) in [6.45, 7) is 0. The minimum atomic E-state index is -0.557. The monoisotopic (exact) mass is 460 g/mol. The van der Waals surface area contributed by atoms with Gasteiger partial charge in [0.2, 0.25) is 0 Å². The second-order valence-electron chi connectivity index (χ2n) is 8.49. The van der Waals surface area contributed by atoms with Gasteiger partial charge in [0.25, 0.3) is 0 Å². The molecule has 5 rings (SSSR count). The van der Waals surface area contributed by atoms with Gasteiger partial charge in [-0.3, -0.25) is 14.7 Å². The second kappa shape index (κ2) is 8.49. The molecule has 0 amide bonds. The lowest BCUT2D eigenvalue weighted by Crippen LogP contribution is -2.39. The van der Waals surface area contributed by atoms with Gasteiger partial charge >= 0.3 is 5.97 Å². The first-order valence-corrected chi connectivity index (χ1v) is 12.0. The Bertz CT molecular complexity index is 1250. The van der Waals surface area contributed by atoms with Gasteiger partial charge in [-0.1, -0.05) is 6.07 Å². The van der Waals surface area contributed by atoms with Crippen LogP contribution in [0, 0.1) is 11.3 Å². The van der Waals surface area contributed by atoms with Gasteiger partial charge in [0, 0.05) is 35.0 Å². The van der Waals surface area contributed by atoms with Gasteiger partial charge in [-0.05, 0) is 55.7 Å². The number of ketones is 1. The molecule has 0 aromatic carbocycles. The first kappa shape index (κ1) is 21.4. The van der Waals surface area contributed by atoms with Crippen molar-refractivity contribution in [3.63, 3.8) is 0 Å². The van der Waals surface area contributed by atoms with Crippen molar-refractivity contribution >= 4 is 28.1 Å². The summed E-state index contributed by atoms with van der Waals surface area (Å²) in [5, 5.41) is 10.8. The highest BCUT2D eigenvalue weighted by Gasteiger charge is 2.42. The molecule has 2 aliphatic carbocycles. The molecule has 0 fully saturated rings. The average Bonchev–Trinajstić information content (AvgIpc) is 3.22. The number of aromatic nitrogens is 1. The van der Waals surface area contributed by atoms with Crippen LogP contribution in [-0.4, -0.2) is 23.8 Å². The number of fused-ring (bicyclic) bond motifs is 1. The molecule has 1 aliphatic heterocycles. The Labute approximate surface area is 196 Å². The molecule has 2 aromatic rings. The Balaban J connectivity index is 1.78.